The van der Waals surface area contributed by atoms with Gasteiger partial charge in [-0.05, 0) is 42.7 Å². The molecule has 0 saturated carbocycles. The van der Waals surface area contributed by atoms with Gasteiger partial charge >= 0.3 is 0 Å². The molecule has 120 valence electrons. The average molecular weight is 310 g/mol. The Labute approximate surface area is 136 Å². The van der Waals surface area contributed by atoms with Gasteiger partial charge in [0.2, 0.25) is 5.91 Å². The van der Waals surface area contributed by atoms with Gasteiger partial charge in [-0.3, -0.25) is 9.59 Å². The van der Waals surface area contributed by atoms with Crippen LogP contribution in [-0.2, 0) is 11.2 Å². The van der Waals surface area contributed by atoms with Gasteiger partial charge in [-0.2, -0.15) is 0 Å². The van der Waals surface area contributed by atoms with E-state index in [9.17, 15) is 9.59 Å². The Morgan fingerprint density at radius 1 is 1.09 bits per heavy atom. The van der Waals surface area contributed by atoms with Gasteiger partial charge in [-0.25, -0.2) is 0 Å². The first-order chi connectivity index (χ1) is 11.0. The summed E-state index contributed by atoms with van der Waals surface area (Å²) in [6.07, 6.45) is 0.997. The van der Waals surface area contributed by atoms with Crippen LogP contribution in [-0.4, -0.2) is 11.8 Å². The highest BCUT2D eigenvalue weighted by Crippen LogP contribution is 2.16. The molecule has 0 heterocycles. The Kier molecular flexibility index (Phi) is 5.52. The molecule has 0 saturated heterocycles. The highest BCUT2D eigenvalue weighted by atomic mass is 16.2. The van der Waals surface area contributed by atoms with Crippen LogP contribution in [0.1, 0.15) is 48.3 Å². The molecule has 0 aliphatic carbocycles. The number of aryl methyl sites for hydroxylation is 1. The molecule has 2 aromatic rings. The maximum absolute atomic E-state index is 12.4. The van der Waals surface area contributed by atoms with Crippen molar-refractivity contribution in [3.05, 3.63) is 65.2 Å². The summed E-state index contributed by atoms with van der Waals surface area (Å²) >= 11 is 0. The summed E-state index contributed by atoms with van der Waals surface area (Å²) in [6, 6.07) is 15.1. The second-order valence-corrected chi connectivity index (χ2v) is 5.55. The third-order valence-corrected chi connectivity index (χ3v) is 3.68. The van der Waals surface area contributed by atoms with Crippen LogP contribution in [0.5, 0.6) is 0 Å². The summed E-state index contributed by atoms with van der Waals surface area (Å²) in [7, 11) is 0. The summed E-state index contributed by atoms with van der Waals surface area (Å²) in [4.78, 5) is 23.5. The van der Waals surface area contributed by atoms with Gasteiger partial charge in [0.05, 0.1) is 6.04 Å². The Morgan fingerprint density at radius 2 is 1.78 bits per heavy atom. The molecule has 0 spiro atoms. The van der Waals surface area contributed by atoms with Crippen molar-refractivity contribution in [2.24, 2.45) is 0 Å². The summed E-state index contributed by atoms with van der Waals surface area (Å²) in [5.41, 5.74) is 3.47. The van der Waals surface area contributed by atoms with Crippen molar-refractivity contribution in [3.8, 4) is 0 Å². The van der Waals surface area contributed by atoms with Crippen molar-refractivity contribution in [1.29, 1.82) is 0 Å². The smallest absolute Gasteiger partial charge is 0.251 e. The number of amides is 2. The lowest BCUT2D eigenvalue weighted by Crippen LogP contribution is -2.26. The highest BCUT2D eigenvalue weighted by Gasteiger charge is 2.12. The predicted molar refractivity (Wildman–Crippen MR) is 92.4 cm³/mol. The minimum Gasteiger partial charge on any atom is -0.346 e. The maximum Gasteiger partial charge on any atom is 0.251 e. The van der Waals surface area contributed by atoms with Crippen molar-refractivity contribution < 1.29 is 9.59 Å². The van der Waals surface area contributed by atoms with Crippen LogP contribution >= 0.6 is 0 Å². The van der Waals surface area contributed by atoms with Crippen molar-refractivity contribution in [1.82, 2.24) is 5.32 Å². The molecule has 2 aromatic carbocycles. The Bertz CT molecular complexity index is 693. The molecule has 2 amide bonds. The van der Waals surface area contributed by atoms with Crippen LogP contribution in [0, 0.1) is 0 Å². The topological polar surface area (TPSA) is 58.2 Å². The fraction of sp³-hybridized carbons (Fsp3) is 0.263. The zero-order chi connectivity index (χ0) is 16.8. The van der Waals surface area contributed by atoms with Gasteiger partial charge in [0.25, 0.3) is 5.91 Å². The number of carbonyl (C=O) groups excluding carboxylic acids is 2. The minimum atomic E-state index is -0.163. The highest BCUT2D eigenvalue weighted by molar-refractivity contribution is 5.97. The lowest BCUT2D eigenvalue weighted by Gasteiger charge is -2.15. The zero-order valence-electron chi connectivity index (χ0n) is 13.7. The van der Waals surface area contributed by atoms with Crippen molar-refractivity contribution in [2.45, 2.75) is 33.2 Å². The number of hydrogen-bond donors (Lipinski definition) is 2. The van der Waals surface area contributed by atoms with E-state index in [4.69, 9.17) is 0 Å². The number of benzene rings is 2. The predicted octanol–water partition coefficient (Wildman–Crippen LogP) is 3.70. The van der Waals surface area contributed by atoms with Crippen LogP contribution < -0.4 is 10.6 Å². The molecular weight excluding hydrogens is 288 g/mol. The molecule has 4 nitrogen and oxygen atoms in total. The lowest BCUT2D eigenvalue weighted by molar-refractivity contribution is -0.114. The van der Waals surface area contributed by atoms with E-state index < -0.39 is 0 Å². The van der Waals surface area contributed by atoms with Crippen LogP contribution in [0.15, 0.2) is 48.5 Å². The largest absolute Gasteiger partial charge is 0.346 e. The molecule has 0 fully saturated rings. The second-order valence-electron chi connectivity index (χ2n) is 5.55. The quantitative estimate of drug-likeness (QED) is 0.884. The normalized spacial score (nSPS) is 11.6. The van der Waals surface area contributed by atoms with Gasteiger partial charge in [-0.15, -0.1) is 0 Å². The lowest BCUT2D eigenvalue weighted by atomic mass is 10.0. The van der Waals surface area contributed by atoms with Crippen LogP contribution in [0.25, 0.3) is 0 Å². The van der Waals surface area contributed by atoms with Crippen LogP contribution in [0.4, 0.5) is 5.69 Å². The number of carbonyl (C=O) groups is 2. The van der Waals surface area contributed by atoms with Crippen LogP contribution in [0.3, 0.4) is 0 Å². The van der Waals surface area contributed by atoms with E-state index in [1.165, 1.54) is 12.5 Å². The summed E-state index contributed by atoms with van der Waals surface area (Å²) in [5, 5.41) is 5.66. The minimum absolute atomic E-state index is 0.0853. The molecule has 23 heavy (non-hydrogen) atoms. The van der Waals surface area contributed by atoms with E-state index in [-0.39, 0.29) is 17.9 Å². The molecule has 0 aliphatic rings. The molecule has 0 bridgehead atoms. The molecule has 2 N–H and O–H groups in total. The van der Waals surface area contributed by atoms with Gasteiger partial charge in [-0.1, -0.05) is 37.3 Å². The maximum atomic E-state index is 12.4. The third-order valence-electron chi connectivity index (χ3n) is 3.68. The van der Waals surface area contributed by atoms with Gasteiger partial charge in [0, 0.05) is 18.2 Å². The first-order valence-corrected chi connectivity index (χ1v) is 7.77. The average Bonchev–Trinajstić information content (AvgIpc) is 2.54. The van der Waals surface area contributed by atoms with Crippen molar-refractivity contribution >= 4 is 17.5 Å². The Hall–Kier alpha value is -2.62. The summed E-state index contributed by atoms with van der Waals surface area (Å²) < 4.78 is 0. The molecule has 4 heteroatoms. The molecular formula is C19H22N2O2. The number of nitrogens with one attached hydrogen (secondary N) is 2. The van der Waals surface area contributed by atoms with E-state index in [1.807, 2.05) is 19.1 Å². The number of rotatable bonds is 5. The first-order valence-electron chi connectivity index (χ1n) is 7.77. The number of hydrogen-bond acceptors (Lipinski definition) is 2. The monoisotopic (exact) mass is 310 g/mol. The van der Waals surface area contributed by atoms with E-state index in [1.54, 1.807) is 24.3 Å². The molecule has 0 radical (unpaired) electrons. The van der Waals surface area contributed by atoms with E-state index >= 15 is 0 Å². The second kappa shape index (κ2) is 7.58. The van der Waals surface area contributed by atoms with Gasteiger partial charge < -0.3 is 10.6 Å². The Balaban J connectivity index is 2.06. The number of anilines is 1. The standard InChI is InChI=1S/C19H22N2O2/c1-4-15-8-10-16(11-9-15)13(2)20-19(23)17-6-5-7-18(12-17)21-14(3)22/h5-13H,4H2,1-3H3,(H,20,23)(H,21,22). The fourth-order valence-electron chi connectivity index (χ4n) is 2.35. The zero-order valence-corrected chi connectivity index (χ0v) is 13.7. The van der Waals surface area contributed by atoms with E-state index in [0.29, 0.717) is 11.3 Å². The molecule has 1 unspecified atom stereocenters. The van der Waals surface area contributed by atoms with Crippen molar-refractivity contribution in [2.75, 3.05) is 5.32 Å². The Morgan fingerprint density at radius 3 is 2.39 bits per heavy atom. The molecule has 2 rings (SSSR count). The van der Waals surface area contributed by atoms with E-state index in [0.717, 1.165) is 12.0 Å². The SMILES string of the molecule is CCc1ccc(C(C)NC(=O)c2cccc(NC(C)=O)c2)cc1. The van der Waals surface area contributed by atoms with Gasteiger partial charge in [0.15, 0.2) is 0 Å². The molecule has 0 aliphatic heterocycles. The summed E-state index contributed by atoms with van der Waals surface area (Å²) in [5.74, 6) is -0.323. The first kappa shape index (κ1) is 16.7. The molecule has 1 atom stereocenters. The van der Waals surface area contributed by atoms with Crippen molar-refractivity contribution in [3.63, 3.8) is 0 Å². The third kappa shape index (κ3) is 4.68. The molecule has 0 aromatic heterocycles. The van der Waals surface area contributed by atoms with Gasteiger partial charge in [0.1, 0.15) is 0 Å². The van der Waals surface area contributed by atoms with Crippen LogP contribution in [0.2, 0.25) is 0 Å². The summed E-state index contributed by atoms with van der Waals surface area (Å²) in [6.45, 7) is 5.51. The van der Waals surface area contributed by atoms with E-state index in [2.05, 4.69) is 29.7 Å². The fourth-order valence-corrected chi connectivity index (χ4v) is 2.35.